The highest BCUT2D eigenvalue weighted by Crippen LogP contribution is 2.19. The summed E-state index contributed by atoms with van der Waals surface area (Å²) >= 11 is 4.90. The molecule has 5 nitrogen and oxygen atoms in total. The molecule has 18 heavy (non-hydrogen) atoms. The molecule has 0 aliphatic heterocycles. The summed E-state index contributed by atoms with van der Waals surface area (Å²) in [7, 11) is 0. The van der Waals surface area contributed by atoms with Crippen LogP contribution in [0.4, 0.5) is 11.4 Å². The molecule has 0 radical (unpaired) electrons. The number of hydrogen-bond donors (Lipinski definition) is 1. The number of hydrogen-bond acceptors (Lipinski definition) is 5. The fourth-order valence-corrected chi connectivity index (χ4v) is 2.56. The van der Waals surface area contributed by atoms with Crippen LogP contribution in [0.1, 0.15) is 4.88 Å². The fourth-order valence-electron chi connectivity index (χ4n) is 1.26. The van der Waals surface area contributed by atoms with Crippen molar-refractivity contribution in [3.8, 4) is 0 Å². The van der Waals surface area contributed by atoms with E-state index in [4.69, 9.17) is 0 Å². The lowest BCUT2D eigenvalue weighted by atomic mass is 10.3. The van der Waals surface area contributed by atoms with Crippen molar-refractivity contribution in [1.29, 1.82) is 0 Å². The highest BCUT2D eigenvalue weighted by Gasteiger charge is 2.04. The zero-order valence-corrected chi connectivity index (χ0v) is 11.4. The van der Waals surface area contributed by atoms with Gasteiger partial charge in [-0.25, -0.2) is 0 Å². The van der Waals surface area contributed by atoms with Gasteiger partial charge in [-0.05, 0) is 28.1 Å². The Morgan fingerprint density at radius 2 is 2.28 bits per heavy atom. The van der Waals surface area contributed by atoms with Crippen molar-refractivity contribution in [3.05, 3.63) is 55.2 Å². The molecule has 0 atom stereocenters. The number of nitrogens with zero attached hydrogens (tertiary/aromatic N) is 2. The summed E-state index contributed by atoms with van der Waals surface area (Å²) < 4.78 is 1.00. The van der Waals surface area contributed by atoms with Crippen LogP contribution >= 0.6 is 27.3 Å². The molecule has 2 aromatic rings. The molecular weight excluding hydrogens is 318 g/mol. The molecule has 0 aliphatic carbocycles. The molecule has 2 rings (SSSR count). The van der Waals surface area contributed by atoms with Gasteiger partial charge in [-0.2, -0.15) is 5.10 Å². The van der Waals surface area contributed by atoms with Crippen LogP contribution in [0, 0.1) is 10.1 Å². The Bertz CT molecular complexity index is 597. The second-order valence-corrected chi connectivity index (χ2v) is 5.20. The summed E-state index contributed by atoms with van der Waals surface area (Å²) in [4.78, 5) is 11.1. The van der Waals surface area contributed by atoms with Crippen LogP contribution in [0.2, 0.25) is 0 Å². The molecular formula is C11H8BrN3O2S. The van der Waals surface area contributed by atoms with Gasteiger partial charge >= 0.3 is 0 Å². The van der Waals surface area contributed by atoms with Gasteiger partial charge in [-0.3, -0.25) is 15.5 Å². The number of hydrazone groups is 1. The Morgan fingerprint density at radius 3 is 2.94 bits per heavy atom. The first-order valence-electron chi connectivity index (χ1n) is 4.93. The van der Waals surface area contributed by atoms with E-state index in [1.54, 1.807) is 29.7 Å². The van der Waals surface area contributed by atoms with Crippen LogP contribution in [-0.4, -0.2) is 11.1 Å². The summed E-state index contributed by atoms with van der Waals surface area (Å²) in [6.45, 7) is 0. The van der Waals surface area contributed by atoms with Gasteiger partial charge in [0.15, 0.2) is 0 Å². The zero-order chi connectivity index (χ0) is 13.0. The van der Waals surface area contributed by atoms with Gasteiger partial charge in [0, 0.05) is 26.9 Å². The van der Waals surface area contributed by atoms with Crippen LogP contribution in [0.3, 0.4) is 0 Å². The SMILES string of the molecule is O=[N+]([O-])c1cccc(NN=Cc2cc(Br)cs2)c1. The molecule has 0 amide bonds. The lowest BCUT2D eigenvalue weighted by Gasteiger charge is -1.98. The molecule has 0 saturated heterocycles. The average Bonchev–Trinajstić information content (AvgIpc) is 2.75. The molecule has 0 bridgehead atoms. The molecule has 0 unspecified atom stereocenters. The van der Waals surface area contributed by atoms with E-state index in [1.807, 2.05) is 11.4 Å². The quantitative estimate of drug-likeness (QED) is 0.527. The first-order chi connectivity index (χ1) is 8.65. The van der Waals surface area contributed by atoms with Crippen molar-refractivity contribution >= 4 is 44.9 Å². The predicted molar refractivity (Wildman–Crippen MR) is 76.3 cm³/mol. The highest BCUT2D eigenvalue weighted by atomic mass is 79.9. The molecule has 1 aromatic heterocycles. The van der Waals surface area contributed by atoms with Crippen molar-refractivity contribution in [2.24, 2.45) is 5.10 Å². The molecule has 1 aromatic carbocycles. The number of halogens is 1. The second kappa shape index (κ2) is 5.74. The molecule has 92 valence electrons. The van der Waals surface area contributed by atoms with Gasteiger partial charge in [-0.15, -0.1) is 11.3 Å². The maximum Gasteiger partial charge on any atom is 0.271 e. The van der Waals surface area contributed by atoms with Gasteiger partial charge in [0.25, 0.3) is 5.69 Å². The van der Waals surface area contributed by atoms with E-state index >= 15 is 0 Å². The maximum atomic E-state index is 10.6. The van der Waals surface area contributed by atoms with Gasteiger partial charge < -0.3 is 0 Å². The van der Waals surface area contributed by atoms with Crippen molar-refractivity contribution in [3.63, 3.8) is 0 Å². The van der Waals surface area contributed by atoms with Crippen molar-refractivity contribution in [1.82, 2.24) is 0 Å². The summed E-state index contributed by atoms with van der Waals surface area (Å²) in [6.07, 6.45) is 1.66. The van der Waals surface area contributed by atoms with Crippen LogP contribution < -0.4 is 5.43 Å². The summed E-state index contributed by atoms with van der Waals surface area (Å²) in [5, 5.41) is 16.6. The van der Waals surface area contributed by atoms with Crippen LogP contribution in [-0.2, 0) is 0 Å². The number of nitrogens with one attached hydrogen (secondary N) is 1. The average molecular weight is 326 g/mol. The molecule has 1 heterocycles. The van der Waals surface area contributed by atoms with E-state index in [0.717, 1.165) is 9.35 Å². The normalized spacial score (nSPS) is 10.7. The Hall–Kier alpha value is -1.73. The molecule has 0 saturated carbocycles. The molecule has 0 aliphatic rings. The van der Waals surface area contributed by atoms with Crippen molar-refractivity contribution in [2.45, 2.75) is 0 Å². The smallest absolute Gasteiger partial charge is 0.271 e. The summed E-state index contributed by atoms with van der Waals surface area (Å²) in [5.74, 6) is 0. The van der Waals surface area contributed by atoms with E-state index in [1.165, 1.54) is 12.1 Å². The van der Waals surface area contributed by atoms with Crippen molar-refractivity contribution < 1.29 is 4.92 Å². The molecule has 0 spiro atoms. The number of non-ortho nitro benzene ring substituents is 1. The van der Waals surface area contributed by atoms with Crippen LogP contribution in [0.5, 0.6) is 0 Å². The second-order valence-electron chi connectivity index (χ2n) is 3.34. The Labute approximate surface area is 115 Å². The first-order valence-corrected chi connectivity index (χ1v) is 6.60. The summed E-state index contributed by atoms with van der Waals surface area (Å²) in [6, 6.07) is 8.13. The minimum atomic E-state index is -0.439. The fraction of sp³-hybridized carbons (Fsp3) is 0. The Kier molecular flexibility index (Phi) is 4.06. The number of nitro groups is 1. The number of thiophene rings is 1. The number of benzene rings is 1. The minimum absolute atomic E-state index is 0.0362. The van der Waals surface area contributed by atoms with Gasteiger partial charge in [0.05, 0.1) is 16.8 Å². The standard InChI is InChI=1S/C11H8BrN3O2S/c12-8-4-11(18-7-8)6-13-14-9-2-1-3-10(5-9)15(16)17/h1-7,14H. The van der Waals surface area contributed by atoms with E-state index in [9.17, 15) is 10.1 Å². The Balaban J connectivity index is 2.04. The van der Waals surface area contributed by atoms with E-state index in [0.29, 0.717) is 5.69 Å². The van der Waals surface area contributed by atoms with Crippen LogP contribution in [0.25, 0.3) is 0 Å². The third-order valence-electron chi connectivity index (χ3n) is 2.03. The van der Waals surface area contributed by atoms with E-state index in [2.05, 4.69) is 26.5 Å². The zero-order valence-electron chi connectivity index (χ0n) is 9.04. The van der Waals surface area contributed by atoms with Crippen molar-refractivity contribution in [2.75, 3.05) is 5.43 Å². The first kappa shape index (κ1) is 12.7. The van der Waals surface area contributed by atoms with E-state index < -0.39 is 4.92 Å². The summed E-state index contributed by atoms with van der Waals surface area (Å²) in [5.41, 5.74) is 3.37. The lowest BCUT2D eigenvalue weighted by molar-refractivity contribution is -0.384. The molecule has 0 fully saturated rings. The topological polar surface area (TPSA) is 67.5 Å². The number of rotatable bonds is 4. The lowest BCUT2D eigenvalue weighted by Crippen LogP contribution is -1.92. The number of nitro benzene ring substituents is 1. The molecule has 1 N–H and O–H groups in total. The van der Waals surface area contributed by atoms with E-state index in [-0.39, 0.29) is 5.69 Å². The minimum Gasteiger partial charge on any atom is -0.278 e. The number of anilines is 1. The highest BCUT2D eigenvalue weighted by molar-refractivity contribution is 9.10. The third-order valence-corrected chi connectivity index (χ3v) is 3.66. The monoisotopic (exact) mass is 325 g/mol. The maximum absolute atomic E-state index is 10.6. The van der Waals surface area contributed by atoms with Crippen LogP contribution in [0.15, 0.2) is 45.3 Å². The Morgan fingerprint density at radius 1 is 1.44 bits per heavy atom. The van der Waals surface area contributed by atoms with Gasteiger partial charge in [-0.1, -0.05) is 6.07 Å². The molecule has 7 heteroatoms. The van der Waals surface area contributed by atoms with Gasteiger partial charge in [0.1, 0.15) is 0 Å². The largest absolute Gasteiger partial charge is 0.278 e. The predicted octanol–water partition coefficient (Wildman–Crippen LogP) is 3.86. The third kappa shape index (κ3) is 3.38. The van der Waals surface area contributed by atoms with Gasteiger partial charge in [0.2, 0.25) is 0 Å².